The minimum Gasteiger partial charge on any atom is -0.464 e. The van der Waals surface area contributed by atoms with E-state index in [-0.39, 0.29) is 11.7 Å². The number of furan rings is 1. The van der Waals surface area contributed by atoms with Gasteiger partial charge < -0.3 is 15.1 Å². The molecule has 0 atom stereocenters. The molecular formula is C17H27F2N3O2S. The summed E-state index contributed by atoms with van der Waals surface area (Å²) in [5.74, 6) is -0.740. The molecule has 0 aromatic carbocycles. The first-order valence-electron chi connectivity index (χ1n) is 8.76. The van der Waals surface area contributed by atoms with Gasteiger partial charge in [0.25, 0.3) is 5.76 Å². The van der Waals surface area contributed by atoms with E-state index in [2.05, 4.69) is 15.5 Å². The van der Waals surface area contributed by atoms with Crippen LogP contribution in [0.25, 0.3) is 0 Å². The van der Waals surface area contributed by atoms with Crippen LogP contribution in [0, 0.1) is 0 Å². The van der Waals surface area contributed by atoms with E-state index in [1.54, 1.807) is 6.07 Å². The monoisotopic (exact) mass is 375 g/mol. The number of carbonyl (C=O) groups is 1. The van der Waals surface area contributed by atoms with E-state index in [0.29, 0.717) is 36.7 Å². The Balaban J connectivity index is 1.63. The zero-order chi connectivity index (χ0) is 18.1. The molecule has 1 amide bonds. The summed E-state index contributed by atoms with van der Waals surface area (Å²) in [5, 5.41) is 6.35. The normalized spacial score (nSPS) is 16.5. The maximum atomic E-state index is 12.2. The van der Waals surface area contributed by atoms with Crippen molar-refractivity contribution in [3.63, 3.8) is 0 Å². The molecule has 0 bridgehead atoms. The van der Waals surface area contributed by atoms with Crippen LogP contribution in [0.1, 0.15) is 37.7 Å². The molecule has 0 unspecified atom stereocenters. The van der Waals surface area contributed by atoms with Crippen LogP contribution in [0.2, 0.25) is 0 Å². The van der Waals surface area contributed by atoms with Crippen molar-refractivity contribution in [2.75, 3.05) is 26.2 Å². The maximum absolute atomic E-state index is 12.2. The SMILES string of the molecule is CCCNC(=O)CN1CCC(NCc2ccc(CSC(F)F)o2)CC1. The molecule has 25 heavy (non-hydrogen) atoms. The van der Waals surface area contributed by atoms with Crippen LogP contribution in [0.5, 0.6) is 0 Å². The van der Waals surface area contributed by atoms with Gasteiger partial charge in [0.1, 0.15) is 11.5 Å². The van der Waals surface area contributed by atoms with E-state index in [1.807, 2.05) is 13.0 Å². The Bertz CT molecular complexity index is 520. The lowest BCUT2D eigenvalue weighted by Crippen LogP contribution is -2.46. The predicted molar refractivity (Wildman–Crippen MR) is 95.6 cm³/mol. The molecule has 1 aliphatic heterocycles. The smallest absolute Gasteiger partial charge is 0.284 e. The van der Waals surface area contributed by atoms with Crippen molar-refractivity contribution < 1.29 is 18.0 Å². The number of rotatable bonds is 10. The number of carbonyl (C=O) groups excluding carboxylic acids is 1. The highest BCUT2D eigenvalue weighted by molar-refractivity contribution is 7.98. The van der Waals surface area contributed by atoms with Crippen molar-refractivity contribution in [3.05, 3.63) is 23.7 Å². The number of likely N-dealkylation sites (tertiary alicyclic amines) is 1. The number of nitrogens with one attached hydrogen (secondary N) is 2. The quantitative estimate of drug-likeness (QED) is 0.659. The fourth-order valence-corrected chi connectivity index (χ4v) is 3.25. The Hall–Kier alpha value is -1.12. The van der Waals surface area contributed by atoms with Crippen molar-refractivity contribution in [2.24, 2.45) is 0 Å². The molecule has 8 heteroatoms. The topological polar surface area (TPSA) is 57.5 Å². The van der Waals surface area contributed by atoms with Crippen LogP contribution in [0.3, 0.4) is 0 Å². The Morgan fingerprint density at radius 2 is 2.08 bits per heavy atom. The average molecular weight is 375 g/mol. The van der Waals surface area contributed by atoms with Gasteiger partial charge in [-0.2, -0.15) is 8.78 Å². The lowest BCUT2D eigenvalue weighted by molar-refractivity contribution is -0.122. The van der Waals surface area contributed by atoms with E-state index < -0.39 is 5.76 Å². The second kappa shape index (κ2) is 10.8. The van der Waals surface area contributed by atoms with E-state index in [9.17, 15) is 13.6 Å². The second-order valence-electron chi connectivity index (χ2n) is 6.22. The minimum atomic E-state index is -2.37. The summed E-state index contributed by atoms with van der Waals surface area (Å²) >= 11 is 0.568. The first-order valence-corrected chi connectivity index (χ1v) is 9.81. The van der Waals surface area contributed by atoms with Gasteiger partial charge in [-0.15, -0.1) is 0 Å². The third-order valence-corrected chi connectivity index (χ3v) is 4.86. The molecule has 1 aliphatic rings. The summed E-state index contributed by atoms with van der Waals surface area (Å²) in [6.07, 6.45) is 2.92. The number of nitrogens with zero attached hydrogens (tertiary/aromatic N) is 1. The van der Waals surface area contributed by atoms with Gasteiger partial charge >= 0.3 is 0 Å². The molecule has 0 radical (unpaired) electrons. The van der Waals surface area contributed by atoms with Crippen molar-refractivity contribution >= 4 is 17.7 Å². The molecule has 142 valence electrons. The first kappa shape index (κ1) is 20.2. The van der Waals surface area contributed by atoms with Crippen LogP contribution in [0.15, 0.2) is 16.5 Å². The van der Waals surface area contributed by atoms with Gasteiger partial charge in [0.15, 0.2) is 0 Å². The molecule has 1 aromatic rings. The molecule has 2 heterocycles. The largest absolute Gasteiger partial charge is 0.464 e. The Morgan fingerprint density at radius 1 is 1.36 bits per heavy atom. The van der Waals surface area contributed by atoms with Crippen LogP contribution in [-0.4, -0.2) is 48.8 Å². The minimum absolute atomic E-state index is 0.0954. The highest BCUT2D eigenvalue weighted by Gasteiger charge is 2.20. The Kier molecular flexibility index (Phi) is 8.71. The Labute approximate surface area is 151 Å². The molecule has 2 rings (SSSR count). The summed E-state index contributed by atoms with van der Waals surface area (Å²) in [7, 11) is 0. The predicted octanol–water partition coefficient (Wildman–Crippen LogP) is 2.82. The Morgan fingerprint density at radius 3 is 2.76 bits per heavy atom. The van der Waals surface area contributed by atoms with Crippen LogP contribution >= 0.6 is 11.8 Å². The van der Waals surface area contributed by atoms with Gasteiger partial charge in [0.2, 0.25) is 5.91 Å². The summed E-state index contributed by atoms with van der Waals surface area (Å²) in [6.45, 7) is 5.63. The van der Waals surface area contributed by atoms with Crippen LogP contribution in [-0.2, 0) is 17.1 Å². The van der Waals surface area contributed by atoms with Gasteiger partial charge in [0, 0.05) is 25.7 Å². The maximum Gasteiger partial charge on any atom is 0.284 e. The van der Waals surface area contributed by atoms with Crippen LogP contribution in [0.4, 0.5) is 8.78 Å². The molecule has 5 nitrogen and oxygen atoms in total. The number of halogens is 2. The van der Waals surface area contributed by atoms with Gasteiger partial charge in [0.05, 0.1) is 18.8 Å². The number of amides is 1. The summed E-state index contributed by atoms with van der Waals surface area (Å²) in [5.41, 5.74) is 0. The zero-order valence-electron chi connectivity index (χ0n) is 14.6. The lowest BCUT2D eigenvalue weighted by atomic mass is 10.0. The highest BCUT2D eigenvalue weighted by Crippen LogP contribution is 2.21. The van der Waals surface area contributed by atoms with Crippen molar-refractivity contribution in [3.8, 4) is 0 Å². The third kappa shape index (κ3) is 7.75. The third-order valence-electron chi connectivity index (χ3n) is 4.16. The summed E-state index contributed by atoms with van der Waals surface area (Å²) < 4.78 is 29.9. The van der Waals surface area contributed by atoms with Gasteiger partial charge in [-0.1, -0.05) is 18.7 Å². The van der Waals surface area contributed by atoms with Crippen molar-refractivity contribution in [1.82, 2.24) is 15.5 Å². The van der Waals surface area contributed by atoms with Crippen LogP contribution < -0.4 is 10.6 Å². The molecule has 2 N–H and O–H groups in total. The molecule has 1 fully saturated rings. The number of hydrogen-bond donors (Lipinski definition) is 2. The van der Waals surface area contributed by atoms with E-state index >= 15 is 0 Å². The first-order chi connectivity index (χ1) is 12.1. The van der Waals surface area contributed by atoms with Crippen molar-refractivity contribution in [2.45, 2.75) is 50.3 Å². The average Bonchev–Trinajstić information content (AvgIpc) is 3.05. The van der Waals surface area contributed by atoms with Gasteiger partial charge in [-0.3, -0.25) is 9.69 Å². The molecular weight excluding hydrogens is 348 g/mol. The van der Waals surface area contributed by atoms with E-state index in [0.717, 1.165) is 44.7 Å². The van der Waals surface area contributed by atoms with Gasteiger partial charge in [-0.25, -0.2) is 0 Å². The fourth-order valence-electron chi connectivity index (χ4n) is 2.80. The summed E-state index contributed by atoms with van der Waals surface area (Å²) in [6, 6.07) is 3.98. The summed E-state index contributed by atoms with van der Waals surface area (Å²) in [4.78, 5) is 13.9. The highest BCUT2D eigenvalue weighted by atomic mass is 32.2. The van der Waals surface area contributed by atoms with Gasteiger partial charge in [-0.05, 0) is 31.4 Å². The number of hydrogen-bond acceptors (Lipinski definition) is 5. The number of alkyl halides is 2. The number of piperidine rings is 1. The lowest BCUT2D eigenvalue weighted by Gasteiger charge is -2.31. The number of thioether (sulfide) groups is 1. The molecule has 1 saturated heterocycles. The molecule has 0 aliphatic carbocycles. The van der Waals surface area contributed by atoms with Crippen molar-refractivity contribution in [1.29, 1.82) is 0 Å². The zero-order valence-corrected chi connectivity index (χ0v) is 15.4. The van der Waals surface area contributed by atoms with E-state index in [4.69, 9.17) is 4.42 Å². The standard InChI is InChI=1S/C17H27F2N3O2S/c1-2-7-20-16(23)11-22-8-5-13(6-9-22)21-10-14-3-4-15(24-14)12-25-17(18)19/h3-4,13,17,21H,2,5-12H2,1H3,(H,20,23). The molecule has 1 aromatic heterocycles. The molecule has 0 spiro atoms. The van der Waals surface area contributed by atoms with E-state index in [1.165, 1.54) is 0 Å². The molecule has 0 saturated carbocycles. The fraction of sp³-hybridized carbons (Fsp3) is 0.706. The second-order valence-corrected chi connectivity index (χ2v) is 7.20.